The summed E-state index contributed by atoms with van der Waals surface area (Å²) in [6, 6.07) is 8.40. The molecule has 0 unspecified atom stereocenters. The lowest BCUT2D eigenvalue weighted by Crippen LogP contribution is -2.54. The molecule has 0 bridgehead atoms. The molecule has 1 rings (SSSR count). The largest absolute Gasteiger partial charge is 0.459 e. The first kappa shape index (κ1) is 22.4. The Morgan fingerprint density at radius 2 is 1.70 bits per heavy atom. The van der Waals surface area contributed by atoms with E-state index in [4.69, 9.17) is 9.47 Å². The summed E-state index contributed by atoms with van der Waals surface area (Å²) in [7, 11) is 0. The first-order valence-electron chi connectivity index (χ1n) is 8.80. The normalized spacial score (nSPS) is 12.2. The van der Waals surface area contributed by atoms with Crippen LogP contribution in [0.25, 0.3) is 0 Å². The number of benzene rings is 1. The number of nitrogens with one attached hydrogen (secondary N) is 3. The molecule has 1 aromatic rings. The van der Waals surface area contributed by atoms with Crippen LogP contribution in [0.4, 0.5) is 4.79 Å². The van der Waals surface area contributed by atoms with Gasteiger partial charge in [0.25, 0.3) is 5.91 Å². The summed E-state index contributed by atoms with van der Waals surface area (Å²) < 4.78 is 10.3. The molecular formula is C19H29N3O5. The molecule has 0 aliphatic heterocycles. The molecule has 0 spiro atoms. The highest BCUT2D eigenvalue weighted by Gasteiger charge is 2.25. The first-order chi connectivity index (χ1) is 12.6. The fourth-order valence-corrected chi connectivity index (χ4v) is 2.09. The summed E-state index contributed by atoms with van der Waals surface area (Å²) in [6.45, 7) is 8.75. The van der Waals surface area contributed by atoms with Crippen molar-refractivity contribution in [3.8, 4) is 0 Å². The van der Waals surface area contributed by atoms with Crippen molar-refractivity contribution in [3.05, 3.63) is 35.9 Å². The Balaban J connectivity index is 2.43. The molecule has 8 nitrogen and oxygen atoms in total. The zero-order valence-electron chi connectivity index (χ0n) is 16.5. The smallest absolute Gasteiger partial charge is 0.408 e. The Kier molecular flexibility index (Phi) is 8.74. The van der Waals surface area contributed by atoms with Gasteiger partial charge in [-0.1, -0.05) is 44.2 Å². The zero-order valence-corrected chi connectivity index (χ0v) is 16.5. The van der Waals surface area contributed by atoms with E-state index in [2.05, 4.69) is 16.2 Å². The lowest BCUT2D eigenvalue weighted by molar-refractivity contribution is -0.153. The molecule has 1 atom stereocenters. The highest BCUT2D eigenvalue weighted by atomic mass is 16.6. The maximum Gasteiger partial charge on any atom is 0.408 e. The van der Waals surface area contributed by atoms with Crippen molar-refractivity contribution in [1.29, 1.82) is 0 Å². The summed E-state index contributed by atoms with van der Waals surface area (Å²) in [6.07, 6.45) is -0.695. The minimum atomic E-state index is -0.820. The minimum Gasteiger partial charge on any atom is -0.459 e. The summed E-state index contributed by atoms with van der Waals surface area (Å²) in [5, 5.41) is 2.53. The molecule has 2 amide bonds. The average Bonchev–Trinajstić information content (AvgIpc) is 2.56. The number of carbonyl (C=O) groups is 3. The number of esters is 1. The lowest BCUT2D eigenvalue weighted by Gasteiger charge is -2.22. The van der Waals surface area contributed by atoms with Gasteiger partial charge in [0.15, 0.2) is 0 Å². The highest BCUT2D eigenvalue weighted by Crippen LogP contribution is 2.06. The Hall–Kier alpha value is -2.61. The maximum absolute atomic E-state index is 12.3. The molecule has 1 aromatic carbocycles. The third-order valence-electron chi connectivity index (χ3n) is 3.30. The Labute approximate surface area is 160 Å². The standard InChI is InChI=1S/C19H29N3O5/c1-13(2)16(17(24)22-20-11-15(23)27-19(3,4)5)21-18(25)26-12-14-9-7-6-8-10-14/h6-10,13,16,20H,11-12H2,1-5H3,(H,21,25)(H,22,24)/t16-/m0/s1. The average molecular weight is 379 g/mol. The summed E-state index contributed by atoms with van der Waals surface area (Å²) in [5.74, 6) is -1.16. The summed E-state index contributed by atoms with van der Waals surface area (Å²) in [4.78, 5) is 35.8. The number of carbonyl (C=O) groups excluding carboxylic acids is 3. The SMILES string of the molecule is CC(C)[C@H](NC(=O)OCc1ccccc1)C(=O)NNCC(=O)OC(C)(C)C. The van der Waals surface area contributed by atoms with Crippen molar-refractivity contribution in [2.24, 2.45) is 5.92 Å². The third-order valence-corrected chi connectivity index (χ3v) is 3.30. The van der Waals surface area contributed by atoms with Crippen molar-refractivity contribution in [2.45, 2.75) is 52.9 Å². The molecule has 0 saturated heterocycles. The van der Waals surface area contributed by atoms with Gasteiger partial charge in [0.1, 0.15) is 24.8 Å². The van der Waals surface area contributed by atoms with Crippen LogP contribution in [0.5, 0.6) is 0 Å². The Bertz CT molecular complexity index is 626. The first-order valence-corrected chi connectivity index (χ1v) is 8.80. The van der Waals surface area contributed by atoms with Crippen LogP contribution in [0, 0.1) is 5.92 Å². The van der Waals surface area contributed by atoms with Crippen LogP contribution >= 0.6 is 0 Å². The second-order valence-corrected chi connectivity index (χ2v) is 7.36. The predicted molar refractivity (Wildman–Crippen MR) is 100 cm³/mol. The van der Waals surface area contributed by atoms with Gasteiger partial charge in [-0.05, 0) is 32.3 Å². The van der Waals surface area contributed by atoms with Gasteiger partial charge >= 0.3 is 12.1 Å². The fourth-order valence-electron chi connectivity index (χ4n) is 2.09. The van der Waals surface area contributed by atoms with Crippen molar-refractivity contribution >= 4 is 18.0 Å². The van der Waals surface area contributed by atoms with Gasteiger partial charge in [0.2, 0.25) is 0 Å². The molecule has 0 radical (unpaired) electrons. The van der Waals surface area contributed by atoms with Gasteiger partial charge in [0.05, 0.1) is 0 Å². The third kappa shape index (κ3) is 9.60. The van der Waals surface area contributed by atoms with E-state index in [-0.39, 0.29) is 19.1 Å². The molecule has 150 valence electrons. The van der Waals surface area contributed by atoms with Gasteiger partial charge in [-0.15, -0.1) is 0 Å². The molecular weight excluding hydrogens is 350 g/mol. The number of ether oxygens (including phenoxy) is 2. The van der Waals surface area contributed by atoms with E-state index in [1.807, 2.05) is 30.3 Å². The molecule has 0 heterocycles. The van der Waals surface area contributed by atoms with Gasteiger partial charge in [-0.2, -0.15) is 0 Å². The topological polar surface area (TPSA) is 106 Å². The quantitative estimate of drug-likeness (QED) is 0.471. The van der Waals surface area contributed by atoms with E-state index in [0.29, 0.717) is 0 Å². The molecule has 0 aliphatic carbocycles. The predicted octanol–water partition coefficient (Wildman–Crippen LogP) is 1.90. The number of hydrazine groups is 1. The van der Waals surface area contributed by atoms with E-state index in [1.54, 1.807) is 34.6 Å². The van der Waals surface area contributed by atoms with Crippen LogP contribution in [-0.2, 0) is 25.7 Å². The Morgan fingerprint density at radius 1 is 1.07 bits per heavy atom. The number of hydrogen-bond acceptors (Lipinski definition) is 6. The van der Waals surface area contributed by atoms with Gasteiger partial charge in [-0.3, -0.25) is 15.0 Å². The zero-order chi connectivity index (χ0) is 20.4. The highest BCUT2D eigenvalue weighted by molar-refractivity contribution is 5.85. The van der Waals surface area contributed by atoms with Crippen molar-refractivity contribution in [2.75, 3.05) is 6.54 Å². The van der Waals surface area contributed by atoms with E-state index in [9.17, 15) is 14.4 Å². The number of rotatable bonds is 8. The van der Waals surface area contributed by atoms with E-state index in [1.165, 1.54) is 0 Å². The van der Waals surface area contributed by atoms with Crippen molar-refractivity contribution in [3.63, 3.8) is 0 Å². The molecule has 8 heteroatoms. The van der Waals surface area contributed by atoms with E-state index >= 15 is 0 Å². The van der Waals surface area contributed by atoms with E-state index in [0.717, 1.165) is 5.56 Å². The van der Waals surface area contributed by atoms with Gasteiger partial charge in [-0.25, -0.2) is 10.2 Å². The second kappa shape index (κ2) is 10.5. The molecule has 27 heavy (non-hydrogen) atoms. The number of amides is 2. The maximum atomic E-state index is 12.3. The van der Waals surface area contributed by atoms with Crippen LogP contribution < -0.4 is 16.2 Å². The molecule has 0 fully saturated rings. The number of hydrogen-bond donors (Lipinski definition) is 3. The summed E-state index contributed by atoms with van der Waals surface area (Å²) in [5.41, 5.74) is 5.15. The van der Waals surface area contributed by atoms with Crippen molar-refractivity contribution < 1.29 is 23.9 Å². The molecule has 0 saturated carbocycles. The minimum absolute atomic E-state index is 0.107. The van der Waals surface area contributed by atoms with Gasteiger partial charge < -0.3 is 14.8 Å². The van der Waals surface area contributed by atoms with Crippen LogP contribution in [0.3, 0.4) is 0 Å². The van der Waals surface area contributed by atoms with Gasteiger partial charge in [0, 0.05) is 0 Å². The van der Waals surface area contributed by atoms with E-state index < -0.39 is 29.6 Å². The number of alkyl carbamates (subject to hydrolysis) is 1. The summed E-state index contributed by atoms with van der Waals surface area (Å²) >= 11 is 0. The molecule has 3 N–H and O–H groups in total. The van der Waals surface area contributed by atoms with Crippen molar-refractivity contribution in [1.82, 2.24) is 16.2 Å². The van der Waals surface area contributed by atoms with Crippen LogP contribution in [0.2, 0.25) is 0 Å². The van der Waals surface area contributed by atoms with Crippen LogP contribution in [0.1, 0.15) is 40.2 Å². The fraction of sp³-hybridized carbons (Fsp3) is 0.526. The monoisotopic (exact) mass is 379 g/mol. The lowest BCUT2D eigenvalue weighted by atomic mass is 10.0. The van der Waals surface area contributed by atoms with Crippen LogP contribution in [-0.4, -0.2) is 36.2 Å². The molecule has 0 aliphatic rings. The van der Waals surface area contributed by atoms with Crippen LogP contribution in [0.15, 0.2) is 30.3 Å². The second-order valence-electron chi connectivity index (χ2n) is 7.36. The molecule has 0 aromatic heterocycles. The Morgan fingerprint density at radius 3 is 2.26 bits per heavy atom.